The molecule has 1 N–H and O–H groups in total. The Kier molecular flexibility index (Phi) is 3.25. The third-order valence-corrected chi connectivity index (χ3v) is 3.32. The van der Waals surface area contributed by atoms with Crippen molar-refractivity contribution < 1.29 is 9.63 Å². The van der Waals surface area contributed by atoms with E-state index in [1.165, 1.54) is 18.2 Å². The van der Waals surface area contributed by atoms with Crippen molar-refractivity contribution in [1.29, 1.82) is 0 Å². The molecular formula is C13H17NO2. The number of carbonyl (C=O) groups excluding carboxylic acids is 1. The minimum absolute atomic E-state index is 0.000625. The highest BCUT2D eigenvalue weighted by atomic mass is 16.6. The van der Waals surface area contributed by atoms with E-state index in [-0.39, 0.29) is 11.8 Å². The average Bonchev–Trinajstić information content (AvgIpc) is 2.20. The van der Waals surface area contributed by atoms with Crippen LogP contribution in [0.1, 0.15) is 29.9 Å². The van der Waals surface area contributed by atoms with Gasteiger partial charge in [0, 0.05) is 5.92 Å². The first-order chi connectivity index (χ1) is 7.72. The zero-order chi connectivity index (χ0) is 11.5. The SMILES string of the molecule is CONC(=O)[C@@H]1CCC1c1ccc(C)cc1. The molecule has 1 aromatic carbocycles. The molecule has 1 amide bonds. The topological polar surface area (TPSA) is 38.3 Å². The van der Waals surface area contributed by atoms with Gasteiger partial charge in [-0.2, -0.15) is 0 Å². The Hall–Kier alpha value is -1.35. The molecule has 0 aliphatic heterocycles. The maximum Gasteiger partial charge on any atom is 0.247 e. The Morgan fingerprint density at radius 3 is 2.50 bits per heavy atom. The first-order valence-corrected chi connectivity index (χ1v) is 5.62. The van der Waals surface area contributed by atoms with Gasteiger partial charge in [0.05, 0.1) is 7.11 Å². The van der Waals surface area contributed by atoms with E-state index in [0.717, 1.165) is 12.8 Å². The van der Waals surface area contributed by atoms with E-state index in [1.54, 1.807) is 0 Å². The summed E-state index contributed by atoms with van der Waals surface area (Å²) in [5, 5.41) is 0. The molecule has 1 unspecified atom stereocenters. The van der Waals surface area contributed by atoms with Crippen molar-refractivity contribution >= 4 is 5.91 Å². The number of carbonyl (C=O) groups is 1. The van der Waals surface area contributed by atoms with Crippen molar-refractivity contribution in [3.05, 3.63) is 35.4 Å². The fourth-order valence-electron chi connectivity index (χ4n) is 2.20. The van der Waals surface area contributed by atoms with Crippen LogP contribution in [-0.4, -0.2) is 13.0 Å². The second kappa shape index (κ2) is 4.66. The molecule has 1 saturated carbocycles. The Bertz CT molecular complexity index is 372. The highest BCUT2D eigenvalue weighted by Crippen LogP contribution is 2.42. The van der Waals surface area contributed by atoms with Gasteiger partial charge in [0.25, 0.3) is 0 Å². The fourth-order valence-corrected chi connectivity index (χ4v) is 2.20. The predicted octanol–water partition coefficient (Wildman–Crippen LogP) is 2.17. The molecule has 0 aromatic heterocycles. The molecule has 1 aliphatic rings. The lowest BCUT2D eigenvalue weighted by Crippen LogP contribution is -2.39. The molecule has 1 fully saturated rings. The smallest absolute Gasteiger partial charge is 0.247 e. The molecule has 0 radical (unpaired) electrons. The van der Waals surface area contributed by atoms with Crippen LogP contribution < -0.4 is 5.48 Å². The zero-order valence-corrected chi connectivity index (χ0v) is 9.69. The first kappa shape index (κ1) is 11.1. The quantitative estimate of drug-likeness (QED) is 0.791. The van der Waals surface area contributed by atoms with Gasteiger partial charge in [0.2, 0.25) is 5.91 Å². The maximum absolute atomic E-state index is 11.6. The molecular weight excluding hydrogens is 202 g/mol. The van der Waals surface area contributed by atoms with Crippen LogP contribution in [0, 0.1) is 12.8 Å². The van der Waals surface area contributed by atoms with E-state index in [4.69, 9.17) is 0 Å². The number of rotatable bonds is 3. The van der Waals surface area contributed by atoms with Crippen molar-refractivity contribution in [3.8, 4) is 0 Å². The highest BCUT2D eigenvalue weighted by Gasteiger charge is 2.37. The molecule has 0 saturated heterocycles. The van der Waals surface area contributed by atoms with Gasteiger partial charge >= 0.3 is 0 Å². The van der Waals surface area contributed by atoms with Crippen LogP contribution in [0.4, 0.5) is 0 Å². The zero-order valence-electron chi connectivity index (χ0n) is 9.69. The Morgan fingerprint density at radius 2 is 2.00 bits per heavy atom. The summed E-state index contributed by atoms with van der Waals surface area (Å²) < 4.78 is 0. The summed E-state index contributed by atoms with van der Waals surface area (Å²) in [4.78, 5) is 16.3. The monoisotopic (exact) mass is 219 g/mol. The summed E-state index contributed by atoms with van der Waals surface area (Å²) in [6, 6.07) is 8.43. The summed E-state index contributed by atoms with van der Waals surface area (Å²) in [5.41, 5.74) is 4.93. The van der Waals surface area contributed by atoms with E-state index in [2.05, 4.69) is 41.5 Å². The second-order valence-electron chi connectivity index (χ2n) is 4.37. The number of hydroxylamine groups is 1. The van der Waals surface area contributed by atoms with Crippen molar-refractivity contribution in [1.82, 2.24) is 5.48 Å². The van der Waals surface area contributed by atoms with Crippen molar-refractivity contribution in [2.75, 3.05) is 7.11 Å². The Labute approximate surface area is 95.8 Å². The molecule has 2 rings (SSSR count). The molecule has 3 heteroatoms. The lowest BCUT2D eigenvalue weighted by Gasteiger charge is -2.35. The summed E-state index contributed by atoms with van der Waals surface area (Å²) in [6.45, 7) is 2.07. The largest absolute Gasteiger partial charge is 0.277 e. The number of hydrogen-bond donors (Lipinski definition) is 1. The minimum Gasteiger partial charge on any atom is -0.277 e. The molecule has 16 heavy (non-hydrogen) atoms. The van der Waals surface area contributed by atoms with Crippen molar-refractivity contribution in [3.63, 3.8) is 0 Å². The van der Waals surface area contributed by atoms with Crippen LogP contribution in [0.25, 0.3) is 0 Å². The number of hydrogen-bond acceptors (Lipinski definition) is 2. The van der Waals surface area contributed by atoms with Gasteiger partial charge in [-0.1, -0.05) is 29.8 Å². The number of amides is 1. The van der Waals surface area contributed by atoms with Gasteiger partial charge in [-0.05, 0) is 31.2 Å². The van der Waals surface area contributed by atoms with Gasteiger partial charge < -0.3 is 0 Å². The third kappa shape index (κ3) is 2.09. The third-order valence-electron chi connectivity index (χ3n) is 3.32. The number of nitrogens with one attached hydrogen (secondary N) is 1. The number of benzene rings is 1. The fraction of sp³-hybridized carbons (Fsp3) is 0.462. The number of aryl methyl sites for hydroxylation is 1. The van der Waals surface area contributed by atoms with Gasteiger partial charge in [-0.15, -0.1) is 0 Å². The van der Waals surface area contributed by atoms with Gasteiger partial charge in [-0.25, -0.2) is 5.48 Å². The molecule has 0 spiro atoms. The predicted molar refractivity (Wildman–Crippen MR) is 61.8 cm³/mol. The van der Waals surface area contributed by atoms with Crippen LogP contribution in [0.15, 0.2) is 24.3 Å². The van der Waals surface area contributed by atoms with E-state index >= 15 is 0 Å². The van der Waals surface area contributed by atoms with Crippen LogP contribution in [0.5, 0.6) is 0 Å². The lowest BCUT2D eigenvalue weighted by atomic mass is 9.69. The standard InChI is InChI=1S/C13H17NO2/c1-9-3-5-10(6-4-9)11-7-8-12(11)13(15)14-16-2/h3-6,11-12H,7-8H2,1-2H3,(H,14,15)/t11?,12-/m1/s1. The first-order valence-electron chi connectivity index (χ1n) is 5.62. The van der Waals surface area contributed by atoms with Crippen LogP contribution >= 0.6 is 0 Å². The molecule has 1 aliphatic carbocycles. The molecule has 3 nitrogen and oxygen atoms in total. The van der Waals surface area contributed by atoms with Crippen LogP contribution in [0.3, 0.4) is 0 Å². The van der Waals surface area contributed by atoms with Crippen LogP contribution in [-0.2, 0) is 9.63 Å². The van der Waals surface area contributed by atoms with Crippen molar-refractivity contribution in [2.24, 2.45) is 5.92 Å². The van der Waals surface area contributed by atoms with E-state index < -0.39 is 0 Å². The summed E-state index contributed by atoms with van der Waals surface area (Å²) in [7, 11) is 1.47. The highest BCUT2D eigenvalue weighted by molar-refractivity contribution is 5.79. The summed E-state index contributed by atoms with van der Waals surface area (Å²) >= 11 is 0. The Balaban J connectivity index is 2.05. The van der Waals surface area contributed by atoms with Gasteiger partial charge in [0.1, 0.15) is 0 Å². The molecule has 86 valence electrons. The van der Waals surface area contributed by atoms with Crippen LogP contribution in [0.2, 0.25) is 0 Å². The molecule has 2 atom stereocenters. The molecule has 0 bridgehead atoms. The van der Waals surface area contributed by atoms with E-state index in [1.807, 2.05) is 0 Å². The lowest BCUT2D eigenvalue weighted by molar-refractivity contribution is -0.139. The van der Waals surface area contributed by atoms with E-state index in [9.17, 15) is 4.79 Å². The van der Waals surface area contributed by atoms with Gasteiger partial charge in [0.15, 0.2) is 0 Å². The maximum atomic E-state index is 11.6. The van der Waals surface area contributed by atoms with Gasteiger partial charge in [-0.3, -0.25) is 9.63 Å². The Morgan fingerprint density at radius 1 is 1.31 bits per heavy atom. The van der Waals surface area contributed by atoms with E-state index in [0.29, 0.717) is 5.92 Å². The summed E-state index contributed by atoms with van der Waals surface area (Å²) in [6.07, 6.45) is 2.04. The van der Waals surface area contributed by atoms with Crippen molar-refractivity contribution in [2.45, 2.75) is 25.7 Å². The summed E-state index contributed by atoms with van der Waals surface area (Å²) in [5.74, 6) is 0.428. The second-order valence-corrected chi connectivity index (χ2v) is 4.37. The average molecular weight is 219 g/mol. The molecule has 1 aromatic rings. The molecule has 0 heterocycles. The normalized spacial score (nSPS) is 23.6. The minimum atomic E-state index is -0.000625.